The van der Waals surface area contributed by atoms with E-state index < -0.39 is 28.8 Å². The molecule has 2 aliphatic rings. The van der Waals surface area contributed by atoms with E-state index in [9.17, 15) is 18.4 Å². The van der Waals surface area contributed by atoms with Crippen LogP contribution in [0.2, 0.25) is 0 Å². The zero-order valence-corrected chi connectivity index (χ0v) is 22.6. The molecule has 6 rings (SSSR count). The summed E-state index contributed by atoms with van der Waals surface area (Å²) in [4.78, 5) is 33.1. The van der Waals surface area contributed by atoms with Crippen molar-refractivity contribution in [1.82, 2.24) is 19.3 Å². The largest absolute Gasteiger partial charge is 0.379 e. The molecule has 0 saturated carbocycles. The fraction of sp³-hybridized carbons (Fsp3) is 0.379. The Morgan fingerprint density at radius 1 is 1.10 bits per heavy atom. The molecule has 0 radical (unpaired) electrons. The van der Waals surface area contributed by atoms with Gasteiger partial charge in [-0.25, -0.2) is 13.8 Å². The minimum absolute atomic E-state index is 0.0846. The predicted octanol–water partition coefficient (Wildman–Crippen LogP) is 4.62. The molecule has 2 fully saturated rings. The van der Waals surface area contributed by atoms with Crippen molar-refractivity contribution in [2.75, 3.05) is 36.5 Å². The van der Waals surface area contributed by atoms with Crippen LogP contribution in [0.4, 0.5) is 20.2 Å². The molecule has 4 heterocycles. The van der Waals surface area contributed by atoms with Gasteiger partial charge in [0.25, 0.3) is 11.5 Å². The number of halogens is 2. The number of aromatic nitrogens is 4. The van der Waals surface area contributed by atoms with Crippen LogP contribution in [0.5, 0.6) is 0 Å². The first-order valence-corrected chi connectivity index (χ1v) is 13.3. The van der Waals surface area contributed by atoms with Crippen molar-refractivity contribution in [3.8, 4) is 5.69 Å². The molecule has 2 saturated heterocycles. The summed E-state index contributed by atoms with van der Waals surface area (Å²) in [6.07, 6.45) is 1.88. The number of nitrogens with one attached hydrogen (secondary N) is 1. The topological polar surface area (TPSA) is 94.3 Å². The Labute approximate surface area is 229 Å². The van der Waals surface area contributed by atoms with Crippen molar-refractivity contribution in [3.63, 3.8) is 0 Å². The van der Waals surface area contributed by atoms with Crippen molar-refractivity contribution >= 4 is 28.3 Å². The highest BCUT2D eigenvalue weighted by molar-refractivity contribution is 6.08. The summed E-state index contributed by atoms with van der Waals surface area (Å²) >= 11 is 0. The minimum atomic E-state index is -0.963. The van der Waals surface area contributed by atoms with E-state index in [1.807, 2.05) is 19.1 Å². The van der Waals surface area contributed by atoms with Crippen LogP contribution in [-0.2, 0) is 4.74 Å². The number of carbonyl (C=O) groups excluding carboxylic acids is 1. The molecule has 2 aliphatic heterocycles. The van der Waals surface area contributed by atoms with E-state index >= 15 is 0 Å². The van der Waals surface area contributed by atoms with Crippen molar-refractivity contribution in [2.24, 2.45) is 5.41 Å². The zero-order valence-electron chi connectivity index (χ0n) is 22.6. The SMILES string of the molecule is Cc1nc2c(N3CCC(C)(C)C3)c(NC(=O)c3ccc(=O)n(-c4c(F)cccc4F)n3)ccc2n1C1CCOC1. The third kappa shape index (κ3) is 4.53. The van der Waals surface area contributed by atoms with Gasteiger partial charge in [0.2, 0.25) is 0 Å². The minimum Gasteiger partial charge on any atom is -0.379 e. The molecular weight excluding hydrogens is 518 g/mol. The summed E-state index contributed by atoms with van der Waals surface area (Å²) < 4.78 is 37.2. The van der Waals surface area contributed by atoms with Gasteiger partial charge in [0.15, 0.2) is 11.6 Å². The standard InChI is InChI=1S/C29H30F2N6O3/c1-17-32-25-23(36(17)18-11-14-40-15-18)9-7-21(27(25)35-13-12-29(2,3)16-35)33-28(39)22-8-10-24(38)37(34-22)26-19(30)5-4-6-20(26)31/h4-10,18H,11-16H2,1-3H3,(H,33,39). The smallest absolute Gasteiger partial charge is 0.276 e. The van der Waals surface area contributed by atoms with Gasteiger partial charge in [-0.2, -0.15) is 9.78 Å². The molecular formula is C29H30F2N6O3. The first-order chi connectivity index (χ1) is 19.1. The predicted molar refractivity (Wildman–Crippen MR) is 147 cm³/mol. The van der Waals surface area contributed by atoms with Gasteiger partial charge in [-0.05, 0) is 55.5 Å². The molecule has 1 amide bonds. The second-order valence-electron chi connectivity index (χ2n) is 11.2. The number of hydrogen-bond donors (Lipinski definition) is 1. The van der Waals surface area contributed by atoms with Crippen LogP contribution in [0.15, 0.2) is 47.3 Å². The summed E-state index contributed by atoms with van der Waals surface area (Å²) in [5.41, 5.74) is 1.61. The number of para-hydroxylation sites is 1. The molecule has 0 bridgehead atoms. The summed E-state index contributed by atoms with van der Waals surface area (Å²) in [6.45, 7) is 9.30. The Morgan fingerprint density at radius 2 is 1.88 bits per heavy atom. The average Bonchev–Trinajstić information content (AvgIpc) is 3.63. The molecule has 40 heavy (non-hydrogen) atoms. The lowest BCUT2D eigenvalue weighted by Gasteiger charge is -2.25. The maximum absolute atomic E-state index is 14.4. The van der Waals surface area contributed by atoms with E-state index in [1.54, 1.807) is 0 Å². The molecule has 1 N–H and O–H groups in total. The van der Waals surface area contributed by atoms with Crippen molar-refractivity contribution in [2.45, 2.75) is 39.7 Å². The van der Waals surface area contributed by atoms with Gasteiger partial charge >= 0.3 is 0 Å². The van der Waals surface area contributed by atoms with E-state index in [0.29, 0.717) is 23.6 Å². The van der Waals surface area contributed by atoms with E-state index in [1.165, 1.54) is 12.1 Å². The monoisotopic (exact) mass is 548 g/mol. The number of carbonyl (C=O) groups is 1. The molecule has 4 aromatic rings. The Bertz CT molecular complexity index is 1670. The van der Waals surface area contributed by atoms with Crippen molar-refractivity contribution in [3.05, 3.63) is 76.0 Å². The van der Waals surface area contributed by atoms with E-state index in [4.69, 9.17) is 9.72 Å². The maximum Gasteiger partial charge on any atom is 0.276 e. The van der Waals surface area contributed by atoms with Crippen LogP contribution in [0.3, 0.4) is 0 Å². The van der Waals surface area contributed by atoms with Gasteiger partial charge in [0, 0.05) is 25.8 Å². The van der Waals surface area contributed by atoms with Crippen molar-refractivity contribution < 1.29 is 18.3 Å². The molecule has 2 aromatic carbocycles. The second kappa shape index (κ2) is 9.81. The van der Waals surface area contributed by atoms with Gasteiger partial charge in [-0.1, -0.05) is 19.9 Å². The highest BCUT2D eigenvalue weighted by Gasteiger charge is 2.33. The highest BCUT2D eigenvalue weighted by atomic mass is 19.1. The Hall–Kier alpha value is -4.12. The number of benzene rings is 2. The zero-order chi connectivity index (χ0) is 28.2. The highest BCUT2D eigenvalue weighted by Crippen LogP contribution is 2.41. The lowest BCUT2D eigenvalue weighted by molar-refractivity contribution is 0.102. The number of ether oxygens (including phenoxy) is 1. The normalized spacial score (nSPS) is 18.5. The van der Waals surface area contributed by atoms with Crippen LogP contribution >= 0.6 is 0 Å². The molecule has 9 nitrogen and oxygen atoms in total. The average molecular weight is 549 g/mol. The van der Waals surface area contributed by atoms with Gasteiger partial charge < -0.3 is 19.5 Å². The molecule has 0 aliphatic carbocycles. The Kier molecular flexibility index (Phi) is 6.41. The van der Waals surface area contributed by atoms with Crippen LogP contribution in [0, 0.1) is 24.0 Å². The summed E-state index contributed by atoms with van der Waals surface area (Å²) in [5, 5.41) is 6.94. The van der Waals surface area contributed by atoms with E-state index in [2.05, 4.69) is 33.7 Å². The van der Waals surface area contributed by atoms with Gasteiger partial charge in [0.05, 0.1) is 29.5 Å². The lowest BCUT2D eigenvalue weighted by Crippen LogP contribution is -2.27. The summed E-state index contributed by atoms with van der Waals surface area (Å²) in [6, 6.07) is 9.53. The molecule has 1 unspecified atom stereocenters. The first kappa shape index (κ1) is 26.1. The molecule has 1 atom stereocenters. The number of rotatable bonds is 5. The van der Waals surface area contributed by atoms with Crippen LogP contribution in [0.1, 0.15) is 49.0 Å². The number of imidazole rings is 1. The number of aryl methyl sites for hydroxylation is 1. The number of anilines is 2. The fourth-order valence-electron chi connectivity index (χ4n) is 5.74. The quantitative estimate of drug-likeness (QED) is 0.391. The van der Waals surface area contributed by atoms with Crippen LogP contribution in [0.25, 0.3) is 16.7 Å². The number of fused-ring (bicyclic) bond motifs is 1. The number of amides is 1. The second-order valence-corrected chi connectivity index (χ2v) is 11.2. The maximum atomic E-state index is 14.4. The molecule has 2 aromatic heterocycles. The van der Waals surface area contributed by atoms with Crippen molar-refractivity contribution in [1.29, 1.82) is 0 Å². The summed E-state index contributed by atoms with van der Waals surface area (Å²) in [7, 11) is 0. The summed E-state index contributed by atoms with van der Waals surface area (Å²) in [5.74, 6) is -1.68. The van der Waals surface area contributed by atoms with Gasteiger partial charge in [-0.15, -0.1) is 0 Å². The number of hydrogen-bond acceptors (Lipinski definition) is 6. The van der Waals surface area contributed by atoms with E-state index in [0.717, 1.165) is 66.7 Å². The van der Waals surface area contributed by atoms with Crippen LogP contribution < -0.4 is 15.8 Å². The third-order valence-corrected chi connectivity index (χ3v) is 7.71. The lowest BCUT2D eigenvalue weighted by atomic mass is 9.93. The molecule has 0 spiro atoms. The fourth-order valence-corrected chi connectivity index (χ4v) is 5.74. The van der Waals surface area contributed by atoms with Gasteiger partial charge in [-0.3, -0.25) is 9.59 Å². The Morgan fingerprint density at radius 3 is 2.55 bits per heavy atom. The van der Waals surface area contributed by atoms with Crippen LogP contribution in [-0.4, -0.2) is 51.5 Å². The van der Waals surface area contributed by atoms with E-state index in [-0.39, 0.29) is 17.2 Å². The third-order valence-electron chi connectivity index (χ3n) is 7.71. The first-order valence-electron chi connectivity index (χ1n) is 13.3. The Balaban J connectivity index is 1.42. The molecule has 11 heteroatoms. The van der Waals surface area contributed by atoms with Gasteiger partial charge in [0.1, 0.15) is 22.7 Å². The number of nitrogens with zero attached hydrogens (tertiary/aromatic N) is 5. The molecule has 208 valence electrons.